The van der Waals surface area contributed by atoms with E-state index in [0.717, 1.165) is 16.7 Å². The molecule has 3 heteroatoms. The molecule has 0 heterocycles. The molecular formula is C12H15NO2. The summed E-state index contributed by atoms with van der Waals surface area (Å²) < 4.78 is 0. The van der Waals surface area contributed by atoms with Crippen LogP contribution < -0.4 is 5.73 Å². The van der Waals surface area contributed by atoms with Crippen LogP contribution in [-0.2, 0) is 11.2 Å². The SMILES string of the molecule is C=C(C)c1ccc(C[C@H](N)C(=O)O)cc1. The van der Waals surface area contributed by atoms with Gasteiger partial charge in [0.1, 0.15) is 6.04 Å². The van der Waals surface area contributed by atoms with Gasteiger partial charge in [-0.3, -0.25) is 4.79 Å². The summed E-state index contributed by atoms with van der Waals surface area (Å²) in [6.45, 7) is 5.75. The van der Waals surface area contributed by atoms with Crippen LogP contribution >= 0.6 is 0 Å². The fourth-order valence-corrected chi connectivity index (χ4v) is 1.27. The highest BCUT2D eigenvalue weighted by Crippen LogP contribution is 2.13. The van der Waals surface area contributed by atoms with E-state index >= 15 is 0 Å². The molecule has 0 fully saturated rings. The Bertz CT molecular complexity index is 368. The minimum Gasteiger partial charge on any atom is -0.480 e. The first-order valence-corrected chi connectivity index (χ1v) is 4.74. The van der Waals surface area contributed by atoms with Gasteiger partial charge in [0.2, 0.25) is 0 Å². The first-order chi connectivity index (χ1) is 7.00. The van der Waals surface area contributed by atoms with Crippen molar-refractivity contribution in [3.05, 3.63) is 42.0 Å². The average molecular weight is 205 g/mol. The maximum absolute atomic E-state index is 10.5. The molecule has 0 amide bonds. The summed E-state index contributed by atoms with van der Waals surface area (Å²) in [6.07, 6.45) is 0.353. The van der Waals surface area contributed by atoms with Gasteiger partial charge in [-0.25, -0.2) is 0 Å². The molecule has 0 aliphatic rings. The molecule has 3 N–H and O–H groups in total. The lowest BCUT2D eigenvalue weighted by Gasteiger charge is -2.07. The molecule has 1 aromatic rings. The molecular weight excluding hydrogens is 190 g/mol. The van der Waals surface area contributed by atoms with Crippen molar-refractivity contribution >= 4 is 11.5 Å². The van der Waals surface area contributed by atoms with Crippen molar-refractivity contribution in [1.29, 1.82) is 0 Å². The quantitative estimate of drug-likeness (QED) is 0.786. The van der Waals surface area contributed by atoms with Crippen LogP contribution in [0.1, 0.15) is 18.1 Å². The number of allylic oxidation sites excluding steroid dienone is 1. The second-order valence-corrected chi connectivity index (χ2v) is 3.63. The van der Waals surface area contributed by atoms with E-state index in [1.54, 1.807) is 0 Å². The lowest BCUT2D eigenvalue weighted by Crippen LogP contribution is -2.32. The molecule has 0 aliphatic carbocycles. The van der Waals surface area contributed by atoms with Gasteiger partial charge in [0.05, 0.1) is 0 Å². The first-order valence-electron chi connectivity index (χ1n) is 4.74. The zero-order valence-electron chi connectivity index (χ0n) is 8.73. The van der Waals surface area contributed by atoms with Gasteiger partial charge in [0.15, 0.2) is 0 Å². The van der Waals surface area contributed by atoms with Crippen molar-refractivity contribution in [2.45, 2.75) is 19.4 Å². The predicted octanol–water partition coefficient (Wildman–Crippen LogP) is 1.67. The molecule has 15 heavy (non-hydrogen) atoms. The highest BCUT2D eigenvalue weighted by atomic mass is 16.4. The number of carbonyl (C=O) groups is 1. The molecule has 1 rings (SSSR count). The molecule has 0 aliphatic heterocycles. The van der Waals surface area contributed by atoms with Crippen molar-refractivity contribution in [3.8, 4) is 0 Å². The molecule has 0 aromatic heterocycles. The summed E-state index contributed by atoms with van der Waals surface area (Å²) in [4.78, 5) is 10.5. The Kier molecular flexibility index (Phi) is 3.63. The number of carboxylic acids is 1. The molecule has 3 nitrogen and oxygen atoms in total. The molecule has 1 aromatic carbocycles. The van der Waals surface area contributed by atoms with Gasteiger partial charge in [-0.2, -0.15) is 0 Å². The third-order valence-electron chi connectivity index (χ3n) is 2.22. The zero-order valence-corrected chi connectivity index (χ0v) is 8.73. The number of carboxylic acid groups (broad SMARTS) is 1. The van der Waals surface area contributed by atoms with Gasteiger partial charge in [0.25, 0.3) is 0 Å². The van der Waals surface area contributed by atoms with E-state index in [2.05, 4.69) is 6.58 Å². The summed E-state index contributed by atoms with van der Waals surface area (Å²) in [7, 11) is 0. The molecule has 0 bridgehead atoms. The summed E-state index contributed by atoms with van der Waals surface area (Å²) in [5.74, 6) is -0.973. The van der Waals surface area contributed by atoms with Crippen molar-refractivity contribution in [2.75, 3.05) is 0 Å². The highest BCUT2D eigenvalue weighted by molar-refractivity contribution is 5.73. The highest BCUT2D eigenvalue weighted by Gasteiger charge is 2.11. The van der Waals surface area contributed by atoms with Gasteiger partial charge in [-0.05, 0) is 24.5 Å². The minimum absolute atomic E-state index is 0.353. The Balaban J connectivity index is 2.72. The molecule has 80 valence electrons. The Morgan fingerprint density at radius 3 is 2.40 bits per heavy atom. The molecule has 0 saturated carbocycles. The van der Waals surface area contributed by atoms with E-state index in [-0.39, 0.29) is 0 Å². The Morgan fingerprint density at radius 1 is 1.47 bits per heavy atom. The van der Waals surface area contributed by atoms with Crippen LogP contribution in [0.2, 0.25) is 0 Å². The fourth-order valence-electron chi connectivity index (χ4n) is 1.27. The lowest BCUT2D eigenvalue weighted by atomic mass is 10.0. The Labute approximate surface area is 89.2 Å². The van der Waals surface area contributed by atoms with Crippen LogP contribution in [0.4, 0.5) is 0 Å². The normalized spacial score (nSPS) is 12.1. The number of hydrogen-bond acceptors (Lipinski definition) is 2. The maximum atomic E-state index is 10.5. The van der Waals surface area contributed by atoms with Crippen molar-refractivity contribution in [1.82, 2.24) is 0 Å². The lowest BCUT2D eigenvalue weighted by molar-refractivity contribution is -0.138. The van der Waals surface area contributed by atoms with Crippen LogP contribution in [0.5, 0.6) is 0 Å². The Morgan fingerprint density at radius 2 is 2.00 bits per heavy atom. The summed E-state index contributed by atoms with van der Waals surface area (Å²) in [6, 6.07) is 6.78. The van der Waals surface area contributed by atoms with Crippen LogP contribution in [-0.4, -0.2) is 17.1 Å². The maximum Gasteiger partial charge on any atom is 0.320 e. The smallest absolute Gasteiger partial charge is 0.320 e. The minimum atomic E-state index is -0.973. The van der Waals surface area contributed by atoms with Crippen molar-refractivity contribution < 1.29 is 9.90 Å². The van der Waals surface area contributed by atoms with Gasteiger partial charge in [-0.15, -0.1) is 0 Å². The van der Waals surface area contributed by atoms with E-state index in [1.165, 1.54) is 0 Å². The van der Waals surface area contributed by atoms with Gasteiger partial charge >= 0.3 is 5.97 Å². The van der Waals surface area contributed by atoms with Crippen LogP contribution in [0, 0.1) is 0 Å². The third-order valence-corrected chi connectivity index (χ3v) is 2.22. The number of benzene rings is 1. The van der Waals surface area contributed by atoms with E-state index in [4.69, 9.17) is 10.8 Å². The van der Waals surface area contributed by atoms with Crippen LogP contribution in [0.3, 0.4) is 0 Å². The predicted molar refractivity (Wildman–Crippen MR) is 60.5 cm³/mol. The van der Waals surface area contributed by atoms with Crippen LogP contribution in [0.25, 0.3) is 5.57 Å². The molecule has 1 atom stereocenters. The first kappa shape index (κ1) is 11.5. The van der Waals surface area contributed by atoms with E-state index in [1.807, 2.05) is 31.2 Å². The van der Waals surface area contributed by atoms with E-state index < -0.39 is 12.0 Å². The summed E-state index contributed by atoms with van der Waals surface area (Å²) >= 11 is 0. The average Bonchev–Trinajstić information content (AvgIpc) is 2.18. The number of hydrogen-bond donors (Lipinski definition) is 2. The van der Waals surface area contributed by atoms with Gasteiger partial charge < -0.3 is 10.8 Å². The zero-order chi connectivity index (χ0) is 11.4. The molecule has 0 radical (unpaired) electrons. The largest absolute Gasteiger partial charge is 0.480 e. The molecule has 0 unspecified atom stereocenters. The molecule has 0 spiro atoms. The number of rotatable bonds is 4. The van der Waals surface area contributed by atoms with Crippen LogP contribution in [0.15, 0.2) is 30.8 Å². The summed E-state index contributed by atoms with van der Waals surface area (Å²) in [5.41, 5.74) is 8.40. The third kappa shape index (κ3) is 3.22. The standard InChI is InChI=1S/C12H15NO2/c1-8(2)10-5-3-9(4-6-10)7-11(13)12(14)15/h3-6,11H,1,7,13H2,2H3,(H,14,15)/t11-/m0/s1. The summed E-state index contributed by atoms with van der Waals surface area (Å²) in [5, 5.41) is 8.65. The molecule has 0 saturated heterocycles. The topological polar surface area (TPSA) is 63.3 Å². The number of aliphatic carboxylic acids is 1. The second kappa shape index (κ2) is 4.75. The van der Waals surface area contributed by atoms with Gasteiger partial charge in [-0.1, -0.05) is 36.4 Å². The van der Waals surface area contributed by atoms with E-state index in [0.29, 0.717) is 6.42 Å². The van der Waals surface area contributed by atoms with E-state index in [9.17, 15) is 4.79 Å². The number of nitrogens with two attached hydrogens (primary N) is 1. The second-order valence-electron chi connectivity index (χ2n) is 3.63. The van der Waals surface area contributed by atoms with Crippen molar-refractivity contribution in [2.24, 2.45) is 5.73 Å². The fraction of sp³-hybridized carbons (Fsp3) is 0.250. The van der Waals surface area contributed by atoms with Crippen molar-refractivity contribution in [3.63, 3.8) is 0 Å². The Hall–Kier alpha value is -1.61. The van der Waals surface area contributed by atoms with Gasteiger partial charge in [0, 0.05) is 0 Å². The monoisotopic (exact) mass is 205 g/mol.